The van der Waals surface area contributed by atoms with Gasteiger partial charge in [-0.05, 0) is 6.07 Å². The zero-order valence-corrected chi connectivity index (χ0v) is 10.8. The number of quaternary nitrogens is 1. The van der Waals surface area contributed by atoms with Crippen LogP contribution in [0.4, 0.5) is 11.6 Å². The molecule has 8 heteroatoms. The molecule has 0 aliphatic rings. The van der Waals surface area contributed by atoms with Gasteiger partial charge < -0.3 is 15.3 Å². The quantitative estimate of drug-likeness (QED) is 0.634. The summed E-state index contributed by atoms with van der Waals surface area (Å²) in [5.41, 5.74) is 7.23. The van der Waals surface area contributed by atoms with Crippen LogP contribution in [0.25, 0.3) is 11.0 Å². The molecular weight excluding hydrogens is 264 g/mol. The predicted molar refractivity (Wildman–Crippen MR) is 68.1 cm³/mol. The first-order chi connectivity index (χ1) is 7.82. The number of imidazole rings is 1. The third kappa shape index (κ3) is 2.02. The van der Waals surface area contributed by atoms with E-state index >= 15 is 0 Å². The highest BCUT2D eigenvalue weighted by Gasteiger charge is 2.25. The van der Waals surface area contributed by atoms with Crippen LogP contribution >= 0.6 is 11.6 Å². The smallest absolute Gasteiger partial charge is 0.198 e. The molecule has 2 rings (SSSR count). The zero-order valence-electron chi connectivity index (χ0n) is 9.23. The lowest BCUT2D eigenvalue weighted by atomic mass is 10.2. The molecule has 1 aromatic carbocycles. The second kappa shape index (κ2) is 3.95. The molecule has 0 bridgehead atoms. The number of aromatic nitrogens is 2. The van der Waals surface area contributed by atoms with E-state index in [0.717, 1.165) is 0 Å². The van der Waals surface area contributed by atoms with Gasteiger partial charge in [0.05, 0.1) is 25.1 Å². The van der Waals surface area contributed by atoms with Crippen LogP contribution in [0.2, 0.25) is 5.02 Å². The van der Waals surface area contributed by atoms with E-state index in [4.69, 9.17) is 17.3 Å². The summed E-state index contributed by atoms with van der Waals surface area (Å²) in [6, 6.07) is 3.22. The maximum Gasteiger partial charge on any atom is 0.198 e. The van der Waals surface area contributed by atoms with Crippen molar-refractivity contribution in [3.05, 3.63) is 17.2 Å². The SMILES string of the molecule is C[N+](C)(c1cc2[nH]c(N)nc2cc1Cl)S(=O)[O-]. The Morgan fingerprint density at radius 1 is 1.53 bits per heavy atom. The molecule has 92 valence electrons. The third-order valence-corrected chi connectivity index (χ3v) is 3.77. The number of benzene rings is 1. The number of hydrogen-bond donors (Lipinski definition) is 2. The molecule has 0 radical (unpaired) electrons. The van der Waals surface area contributed by atoms with E-state index in [2.05, 4.69) is 9.97 Å². The van der Waals surface area contributed by atoms with E-state index < -0.39 is 11.3 Å². The fraction of sp³-hybridized carbons (Fsp3) is 0.222. The minimum Gasteiger partial charge on any atom is -0.724 e. The second-order valence-corrected chi connectivity index (χ2v) is 5.77. The Bertz CT molecular complexity index is 610. The van der Waals surface area contributed by atoms with Crippen LogP contribution in [0.1, 0.15) is 0 Å². The van der Waals surface area contributed by atoms with Gasteiger partial charge in [0.15, 0.2) is 22.9 Å². The van der Waals surface area contributed by atoms with E-state index in [1.165, 1.54) is 14.1 Å². The largest absolute Gasteiger partial charge is 0.724 e. The molecule has 0 aliphatic carbocycles. The average Bonchev–Trinajstić information content (AvgIpc) is 2.55. The molecule has 3 N–H and O–H groups in total. The first kappa shape index (κ1) is 12.3. The van der Waals surface area contributed by atoms with Gasteiger partial charge in [0.2, 0.25) is 0 Å². The van der Waals surface area contributed by atoms with E-state index in [0.29, 0.717) is 21.7 Å². The van der Waals surface area contributed by atoms with Crippen LogP contribution in [-0.4, -0.2) is 32.8 Å². The van der Waals surface area contributed by atoms with E-state index in [1.807, 2.05) is 0 Å². The molecule has 0 spiro atoms. The number of halogens is 1. The lowest BCUT2D eigenvalue weighted by Crippen LogP contribution is -2.42. The van der Waals surface area contributed by atoms with Crippen molar-refractivity contribution < 1.29 is 8.76 Å². The van der Waals surface area contributed by atoms with Crippen molar-refractivity contribution >= 4 is 45.5 Å². The minimum atomic E-state index is -2.34. The number of fused-ring (bicyclic) bond motifs is 1. The summed E-state index contributed by atoms with van der Waals surface area (Å²) >= 11 is 3.72. The summed E-state index contributed by atoms with van der Waals surface area (Å²) in [5, 5.41) is 0.332. The molecule has 0 saturated heterocycles. The maximum absolute atomic E-state index is 11.2. The van der Waals surface area contributed by atoms with Gasteiger partial charge in [0.1, 0.15) is 5.02 Å². The molecule has 0 saturated carbocycles. The summed E-state index contributed by atoms with van der Waals surface area (Å²) in [7, 11) is 3.05. The van der Waals surface area contributed by atoms with Crippen molar-refractivity contribution in [2.75, 3.05) is 19.8 Å². The lowest BCUT2D eigenvalue weighted by Gasteiger charge is -2.29. The lowest BCUT2D eigenvalue weighted by molar-refractivity contribution is 0.465. The Labute approximate surface area is 105 Å². The summed E-state index contributed by atoms with van der Waals surface area (Å²) in [6.45, 7) is 0. The van der Waals surface area contributed by atoms with Gasteiger partial charge in [0.25, 0.3) is 0 Å². The highest BCUT2D eigenvalue weighted by molar-refractivity contribution is 7.78. The molecule has 0 amide bonds. The Morgan fingerprint density at radius 3 is 2.76 bits per heavy atom. The molecule has 1 heterocycles. The van der Waals surface area contributed by atoms with Crippen molar-refractivity contribution in [3.8, 4) is 0 Å². The molecule has 17 heavy (non-hydrogen) atoms. The van der Waals surface area contributed by atoms with Crippen molar-refractivity contribution in [1.29, 1.82) is 0 Å². The average molecular weight is 275 g/mol. The molecule has 1 atom stereocenters. The van der Waals surface area contributed by atoms with Gasteiger partial charge in [0, 0.05) is 6.07 Å². The van der Waals surface area contributed by atoms with Crippen LogP contribution in [-0.2, 0) is 11.3 Å². The Kier molecular flexibility index (Phi) is 2.86. The Hall–Kier alpha value is -1.15. The fourth-order valence-corrected chi connectivity index (χ4v) is 2.26. The number of nitrogens with two attached hydrogens (primary N) is 1. The number of anilines is 1. The number of aromatic amines is 1. The van der Waals surface area contributed by atoms with Gasteiger partial charge in [-0.3, -0.25) is 0 Å². The van der Waals surface area contributed by atoms with Gasteiger partial charge in [-0.1, -0.05) is 11.6 Å². The van der Waals surface area contributed by atoms with Crippen LogP contribution in [0, 0.1) is 0 Å². The Morgan fingerprint density at radius 2 is 2.18 bits per heavy atom. The fourth-order valence-electron chi connectivity index (χ4n) is 1.53. The highest BCUT2D eigenvalue weighted by atomic mass is 35.5. The summed E-state index contributed by atoms with van der Waals surface area (Å²) in [4.78, 5) is 6.85. The van der Waals surface area contributed by atoms with Crippen molar-refractivity contribution in [3.63, 3.8) is 0 Å². The van der Waals surface area contributed by atoms with Crippen LogP contribution in [0.3, 0.4) is 0 Å². The highest BCUT2D eigenvalue weighted by Crippen LogP contribution is 2.33. The number of rotatable bonds is 2. The summed E-state index contributed by atoms with van der Waals surface area (Å²) in [6.07, 6.45) is 0. The van der Waals surface area contributed by atoms with Crippen LogP contribution in [0.15, 0.2) is 12.1 Å². The third-order valence-electron chi connectivity index (χ3n) is 2.52. The number of nitrogens with one attached hydrogen (secondary N) is 1. The molecular formula is C9H11ClN4O2S. The predicted octanol–water partition coefficient (Wildman–Crippen LogP) is 1.16. The number of nitrogens with zero attached hydrogens (tertiary/aromatic N) is 2. The van der Waals surface area contributed by atoms with E-state index in [1.54, 1.807) is 12.1 Å². The normalized spacial score (nSPS) is 14.1. The molecule has 0 fully saturated rings. The van der Waals surface area contributed by atoms with Crippen LogP contribution < -0.4 is 9.62 Å². The topological polar surface area (TPSA) is 94.8 Å². The maximum atomic E-state index is 11.2. The van der Waals surface area contributed by atoms with Gasteiger partial charge in [-0.25, -0.2) is 13.1 Å². The first-order valence-electron chi connectivity index (χ1n) is 4.71. The van der Waals surface area contributed by atoms with E-state index in [9.17, 15) is 8.76 Å². The van der Waals surface area contributed by atoms with Crippen molar-refractivity contribution in [2.45, 2.75) is 0 Å². The standard InChI is InChI=1S/C9H11ClN4O2S/c1-14(2,17(15)16)8-4-7-6(3-5(8)10)12-9(11)13-7/h3-4H,1-2H3,(H3-,11,12,13,15,16). The molecule has 6 nitrogen and oxygen atoms in total. The molecule has 0 aliphatic heterocycles. The second-order valence-electron chi connectivity index (χ2n) is 4.01. The molecule has 1 aromatic heterocycles. The molecule has 1 unspecified atom stereocenters. The monoisotopic (exact) mass is 274 g/mol. The number of nitrogen functional groups attached to an aromatic ring is 1. The Balaban J connectivity index is 2.69. The minimum absolute atomic E-state index is 0.266. The number of hydrogen-bond acceptors (Lipinski definition) is 4. The van der Waals surface area contributed by atoms with E-state index in [-0.39, 0.29) is 9.84 Å². The van der Waals surface area contributed by atoms with Gasteiger partial charge >= 0.3 is 0 Å². The van der Waals surface area contributed by atoms with Gasteiger partial charge in [-0.2, -0.15) is 0 Å². The zero-order chi connectivity index (χ0) is 12.8. The molecule has 2 aromatic rings. The summed E-state index contributed by atoms with van der Waals surface area (Å²) < 4.78 is 22.0. The van der Waals surface area contributed by atoms with Crippen molar-refractivity contribution in [2.24, 2.45) is 0 Å². The summed E-state index contributed by atoms with van der Waals surface area (Å²) in [5.74, 6) is 0.266. The van der Waals surface area contributed by atoms with Gasteiger partial charge in [-0.15, -0.1) is 0 Å². The van der Waals surface area contributed by atoms with Crippen molar-refractivity contribution in [1.82, 2.24) is 13.9 Å². The number of H-pyrrole nitrogens is 1. The van der Waals surface area contributed by atoms with Crippen LogP contribution in [0.5, 0.6) is 0 Å². The first-order valence-corrected chi connectivity index (χ1v) is 6.12.